The second kappa shape index (κ2) is 25.3. The molecule has 8 nitrogen and oxygen atoms in total. The molecule has 0 aliphatic heterocycles. The van der Waals surface area contributed by atoms with E-state index < -0.39 is 32.5 Å². The fourth-order valence-electron chi connectivity index (χ4n) is 4.14. The Labute approximate surface area is 225 Å². The molecule has 0 spiro atoms. The summed E-state index contributed by atoms with van der Waals surface area (Å²) in [6, 6.07) is 0. The number of carbonyl (C=O) groups excluding carboxylic acids is 2. The lowest BCUT2D eigenvalue weighted by Gasteiger charge is -2.18. The third-order valence-electron chi connectivity index (χ3n) is 6.38. The molecule has 1 atom stereocenters. The van der Waals surface area contributed by atoms with Crippen molar-refractivity contribution in [2.24, 2.45) is 0 Å². The Balaban J connectivity index is 4.07. The average molecular weight is 551 g/mol. The second-order valence-electron chi connectivity index (χ2n) is 10.1. The molecule has 2 N–H and O–H groups in total. The van der Waals surface area contributed by atoms with Crippen LogP contribution < -0.4 is 0 Å². The molecule has 9 heteroatoms. The van der Waals surface area contributed by atoms with Crippen LogP contribution in [-0.4, -0.2) is 41.0 Å². The van der Waals surface area contributed by atoms with Gasteiger partial charge in [-0.15, -0.1) is 0 Å². The zero-order valence-corrected chi connectivity index (χ0v) is 24.5. The van der Waals surface area contributed by atoms with E-state index in [0.29, 0.717) is 6.42 Å². The van der Waals surface area contributed by atoms with Crippen LogP contribution >= 0.6 is 7.82 Å². The van der Waals surface area contributed by atoms with Crippen molar-refractivity contribution in [1.82, 2.24) is 0 Å². The van der Waals surface area contributed by atoms with Gasteiger partial charge in [0.25, 0.3) is 0 Å². The summed E-state index contributed by atoms with van der Waals surface area (Å²) in [5, 5.41) is 0. The number of carbonyl (C=O) groups is 2. The molecule has 220 valence electrons. The SMILES string of the molecule is CCCCCCCCCCCCC(=O)O[C@H](COC(=O)CCCCCCCCCCC)COP(=O)(O)O. The number of hydrogen-bond acceptors (Lipinski definition) is 6. The topological polar surface area (TPSA) is 119 Å². The maximum atomic E-state index is 12.2. The Morgan fingerprint density at radius 1 is 0.595 bits per heavy atom. The van der Waals surface area contributed by atoms with Crippen LogP contribution in [-0.2, 0) is 28.2 Å². The van der Waals surface area contributed by atoms with Gasteiger partial charge in [0.05, 0.1) is 6.61 Å². The molecule has 0 saturated carbocycles. The molecule has 0 aliphatic rings. The number of rotatable bonds is 27. The molecule has 0 aliphatic carbocycles. The largest absolute Gasteiger partial charge is 0.469 e. The third-order valence-corrected chi connectivity index (χ3v) is 6.86. The van der Waals surface area contributed by atoms with Gasteiger partial charge in [-0.2, -0.15) is 0 Å². The molecule has 0 rings (SSSR count). The van der Waals surface area contributed by atoms with Crippen molar-refractivity contribution >= 4 is 19.8 Å². The number of phosphoric acid groups is 1. The lowest BCUT2D eigenvalue weighted by molar-refractivity contribution is -0.161. The van der Waals surface area contributed by atoms with Crippen LogP contribution in [0.4, 0.5) is 0 Å². The minimum atomic E-state index is -4.73. The molecule has 0 radical (unpaired) electrons. The molecule has 0 bridgehead atoms. The number of esters is 2. The first kappa shape index (κ1) is 36.0. The van der Waals surface area contributed by atoms with E-state index in [4.69, 9.17) is 19.3 Å². The minimum Gasteiger partial charge on any atom is -0.462 e. The highest BCUT2D eigenvalue weighted by molar-refractivity contribution is 7.46. The summed E-state index contributed by atoms with van der Waals surface area (Å²) in [4.78, 5) is 42.2. The van der Waals surface area contributed by atoms with Crippen molar-refractivity contribution in [3.05, 3.63) is 0 Å². The van der Waals surface area contributed by atoms with Crippen molar-refractivity contribution in [2.75, 3.05) is 13.2 Å². The highest BCUT2D eigenvalue weighted by Crippen LogP contribution is 2.35. The monoisotopic (exact) mass is 550 g/mol. The number of ether oxygens (including phenoxy) is 2. The van der Waals surface area contributed by atoms with E-state index in [-0.39, 0.29) is 19.4 Å². The molecule has 0 saturated heterocycles. The zero-order chi connectivity index (χ0) is 27.6. The van der Waals surface area contributed by atoms with E-state index in [1.165, 1.54) is 77.0 Å². The van der Waals surface area contributed by atoms with Gasteiger partial charge in [-0.1, -0.05) is 123 Å². The predicted octanol–water partition coefficient (Wildman–Crippen LogP) is 7.78. The summed E-state index contributed by atoms with van der Waals surface area (Å²) in [6.07, 6.45) is 21.2. The molecule has 0 aromatic rings. The highest BCUT2D eigenvalue weighted by atomic mass is 31.2. The van der Waals surface area contributed by atoms with Gasteiger partial charge in [0.15, 0.2) is 6.10 Å². The van der Waals surface area contributed by atoms with Crippen molar-refractivity contribution in [2.45, 2.75) is 155 Å². The Morgan fingerprint density at radius 2 is 0.973 bits per heavy atom. The molecular formula is C28H55O8P. The quantitative estimate of drug-likeness (QED) is 0.0604. The van der Waals surface area contributed by atoms with Crippen LogP contribution in [0, 0.1) is 0 Å². The van der Waals surface area contributed by atoms with E-state index in [1.807, 2.05) is 0 Å². The maximum absolute atomic E-state index is 12.2. The fourth-order valence-corrected chi connectivity index (χ4v) is 4.50. The van der Waals surface area contributed by atoms with Gasteiger partial charge in [0, 0.05) is 12.8 Å². The summed E-state index contributed by atoms with van der Waals surface area (Å²) in [5.41, 5.74) is 0. The van der Waals surface area contributed by atoms with Gasteiger partial charge in [-0.25, -0.2) is 4.57 Å². The van der Waals surface area contributed by atoms with Crippen LogP contribution in [0.5, 0.6) is 0 Å². The summed E-state index contributed by atoms with van der Waals surface area (Å²) in [6.45, 7) is 3.61. The van der Waals surface area contributed by atoms with Crippen molar-refractivity contribution in [3.63, 3.8) is 0 Å². The molecule has 0 aromatic carbocycles. The first-order valence-corrected chi connectivity index (χ1v) is 16.4. The predicted molar refractivity (Wildman–Crippen MR) is 147 cm³/mol. The van der Waals surface area contributed by atoms with Crippen LogP contribution in [0.1, 0.15) is 149 Å². The third kappa shape index (κ3) is 27.9. The molecule has 0 heterocycles. The molecule has 0 aromatic heterocycles. The van der Waals surface area contributed by atoms with Crippen molar-refractivity contribution in [1.29, 1.82) is 0 Å². The standard InChI is InChI=1S/C28H55O8P/c1-3-5-7-9-11-13-15-17-19-21-23-28(30)36-26(25-35-37(31,32)33)24-34-27(29)22-20-18-16-14-12-10-8-6-4-2/h26H,3-25H2,1-2H3,(H2,31,32,33)/t26-/m1/s1. The van der Waals surface area contributed by atoms with Gasteiger partial charge in [0.1, 0.15) is 6.61 Å². The highest BCUT2D eigenvalue weighted by Gasteiger charge is 2.22. The maximum Gasteiger partial charge on any atom is 0.469 e. The number of unbranched alkanes of at least 4 members (excludes halogenated alkanes) is 17. The Morgan fingerprint density at radius 3 is 1.38 bits per heavy atom. The van der Waals surface area contributed by atoms with Crippen LogP contribution in [0.25, 0.3) is 0 Å². The van der Waals surface area contributed by atoms with Crippen LogP contribution in [0.2, 0.25) is 0 Å². The van der Waals surface area contributed by atoms with E-state index in [2.05, 4.69) is 18.4 Å². The zero-order valence-electron chi connectivity index (χ0n) is 23.6. The lowest BCUT2D eigenvalue weighted by Crippen LogP contribution is -2.29. The average Bonchev–Trinajstić information content (AvgIpc) is 2.85. The van der Waals surface area contributed by atoms with E-state index in [9.17, 15) is 14.2 Å². The molecular weight excluding hydrogens is 495 g/mol. The van der Waals surface area contributed by atoms with Gasteiger partial charge in [-0.3, -0.25) is 14.1 Å². The summed E-state index contributed by atoms with van der Waals surface area (Å²) >= 11 is 0. The molecule has 0 fully saturated rings. The van der Waals surface area contributed by atoms with Gasteiger partial charge in [0.2, 0.25) is 0 Å². The lowest BCUT2D eigenvalue weighted by atomic mass is 10.1. The minimum absolute atomic E-state index is 0.218. The smallest absolute Gasteiger partial charge is 0.462 e. The van der Waals surface area contributed by atoms with Crippen molar-refractivity contribution in [3.8, 4) is 0 Å². The fraction of sp³-hybridized carbons (Fsp3) is 0.929. The van der Waals surface area contributed by atoms with E-state index >= 15 is 0 Å². The van der Waals surface area contributed by atoms with E-state index in [1.54, 1.807) is 0 Å². The Hall–Kier alpha value is -0.950. The first-order valence-electron chi connectivity index (χ1n) is 14.8. The van der Waals surface area contributed by atoms with Gasteiger partial charge in [-0.05, 0) is 12.8 Å². The molecule has 0 amide bonds. The number of hydrogen-bond donors (Lipinski definition) is 2. The molecule has 0 unspecified atom stereocenters. The van der Waals surface area contributed by atoms with Crippen molar-refractivity contribution < 1.29 is 37.9 Å². The van der Waals surface area contributed by atoms with Gasteiger partial charge < -0.3 is 19.3 Å². The number of phosphoric ester groups is 1. The Kier molecular flexibility index (Phi) is 24.7. The molecule has 37 heavy (non-hydrogen) atoms. The Bertz CT molecular complexity index is 593. The summed E-state index contributed by atoms with van der Waals surface area (Å²) < 4.78 is 26.0. The van der Waals surface area contributed by atoms with Crippen LogP contribution in [0.15, 0.2) is 0 Å². The van der Waals surface area contributed by atoms with Crippen LogP contribution in [0.3, 0.4) is 0 Å². The first-order chi connectivity index (χ1) is 17.8. The normalized spacial score (nSPS) is 12.4. The second-order valence-corrected chi connectivity index (χ2v) is 11.3. The van der Waals surface area contributed by atoms with Gasteiger partial charge >= 0.3 is 19.8 Å². The summed E-state index contributed by atoms with van der Waals surface area (Å²) in [5.74, 6) is -0.885. The summed E-state index contributed by atoms with van der Waals surface area (Å²) in [7, 11) is -4.73. The van der Waals surface area contributed by atoms with E-state index in [0.717, 1.165) is 38.5 Å².